The smallest absolute Gasteiger partial charge is 0.306 e. The van der Waals surface area contributed by atoms with E-state index in [9.17, 15) is 17.8 Å². The molecule has 2 unspecified atom stereocenters. The molecule has 0 spiro atoms. The largest absolute Gasteiger partial charge is 0.745 e. The molecule has 0 radical (unpaired) electrons. The summed E-state index contributed by atoms with van der Waals surface area (Å²) in [6.45, 7) is 2.16. The predicted molar refractivity (Wildman–Crippen MR) is 90.2 cm³/mol. The van der Waals surface area contributed by atoms with Crippen molar-refractivity contribution in [3.05, 3.63) is 24.3 Å². The van der Waals surface area contributed by atoms with Gasteiger partial charge in [0.1, 0.15) is 10.1 Å². The van der Waals surface area contributed by atoms with Crippen LogP contribution in [0.25, 0.3) is 0 Å². The van der Waals surface area contributed by atoms with Crippen LogP contribution < -0.4 is 0 Å². The van der Waals surface area contributed by atoms with Gasteiger partial charge in [-0.15, -0.1) is 0 Å². The van der Waals surface area contributed by atoms with Crippen LogP contribution in [0, 0.1) is 0 Å². The molecule has 138 valence electrons. The highest BCUT2D eigenvalue weighted by atomic mass is 32.2. The molecule has 2 atom stereocenters. The third kappa shape index (κ3) is 5.72. The predicted octanol–water partition coefficient (Wildman–Crippen LogP) is 3.05. The number of esters is 1. The van der Waals surface area contributed by atoms with Gasteiger partial charge in [0.05, 0.1) is 0 Å². The number of ether oxygens (including phenoxy) is 2. The van der Waals surface area contributed by atoms with Crippen LogP contribution in [0.4, 0.5) is 0 Å². The van der Waals surface area contributed by atoms with Gasteiger partial charge in [0.2, 0.25) is 4.93 Å². The van der Waals surface area contributed by atoms with Crippen molar-refractivity contribution in [2.75, 3.05) is 7.11 Å². The highest BCUT2D eigenvalue weighted by Gasteiger charge is 2.45. The van der Waals surface area contributed by atoms with Crippen LogP contribution in [0.2, 0.25) is 0 Å². The standard InChI is InChI=1S/C17H28O6S/c1-3-4-5-6-7-8-9-13-16(18)23-15-12-10-11-14-17(15,22-2)24(19,20)21/h10-12,14-15H,3-9,13H2,1-2H3,(H,19,20,21)/p-1. The first kappa shape index (κ1) is 20.9. The zero-order valence-electron chi connectivity index (χ0n) is 14.4. The van der Waals surface area contributed by atoms with Gasteiger partial charge in [-0.1, -0.05) is 57.6 Å². The monoisotopic (exact) mass is 359 g/mol. The number of carbonyl (C=O) groups is 1. The molecule has 0 aromatic rings. The second kappa shape index (κ2) is 9.96. The maximum Gasteiger partial charge on any atom is 0.306 e. The first-order valence-corrected chi connectivity index (χ1v) is 9.84. The molecular formula is C17H27O6S-. The Bertz CT molecular complexity index is 551. The number of unbranched alkanes of at least 4 members (excludes halogenated alkanes) is 6. The third-order valence-electron chi connectivity index (χ3n) is 4.07. The van der Waals surface area contributed by atoms with Crippen LogP contribution in [-0.2, 0) is 24.4 Å². The van der Waals surface area contributed by atoms with Crippen LogP contribution in [-0.4, -0.2) is 37.1 Å². The van der Waals surface area contributed by atoms with Gasteiger partial charge in [0, 0.05) is 13.5 Å². The molecule has 0 aliphatic heterocycles. The average Bonchev–Trinajstić information content (AvgIpc) is 2.53. The van der Waals surface area contributed by atoms with E-state index in [-0.39, 0.29) is 6.42 Å². The van der Waals surface area contributed by atoms with Gasteiger partial charge in [-0.2, -0.15) is 0 Å². The highest BCUT2D eigenvalue weighted by molar-refractivity contribution is 7.87. The normalized spacial score (nSPS) is 23.4. The number of allylic oxidation sites excluding steroid dienone is 2. The minimum Gasteiger partial charge on any atom is -0.745 e. The molecule has 0 bridgehead atoms. The number of carbonyl (C=O) groups excluding carboxylic acids is 1. The molecule has 1 aliphatic carbocycles. The van der Waals surface area contributed by atoms with Crippen LogP contribution in [0.1, 0.15) is 58.3 Å². The fraction of sp³-hybridized carbons (Fsp3) is 0.706. The van der Waals surface area contributed by atoms with Crippen molar-refractivity contribution in [3.8, 4) is 0 Å². The summed E-state index contributed by atoms with van der Waals surface area (Å²) in [5.41, 5.74) is 0. The minimum absolute atomic E-state index is 0.195. The summed E-state index contributed by atoms with van der Waals surface area (Å²) in [4.78, 5) is 9.75. The van der Waals surface area contributed by atoms with Crippen molar-refractivity contribution in [3.63, 3.8) is 0 Å². The Morgan fingerprint density at radius 1 is 1.12 bits per heavy atom. The molecule has 0 saturated carbocycles. The molecule has 0 aromatic carbocycles. The molecule has 0 aromatic heterocycles. The van der Waals surface area contributed by atoms with E-state index in [0.717, 1.165) is 32.4 Å². The van der Waals surface area contributed by atoms with Gasteiger partial charge in [-0.3, -0.25) is 4.79 Å². The van der Waals surface area contributed by atoms with Crippen LogP contribution >= 0.6 is 0 Å². The Labute approximate surface area is 144 Å². The van der Waals surface area contributed by atoms with Gasteiger partial charge in [0.15, 0.2) is 6.10 Å². The van der Waals surface area contributed by atoms with Crippen molar-refractivity contribution in [1.29, 1.82) is 0 Å². The SMILES string of the molecule is CCCCCCCCCC(=O)OC1C=CC=CC1(OC)S(=O)(=O)[O-]. The molecule has 6 nitrogen and oxygen atoms in total. The lowest BCUT2D eigenvalue weighted by Crippen LogP contribution is -2.51. The van der Waals surface area contributed by atoms with E-state index in [2.05, 4.69) is 6.92 Å². The summed E-state index contributed by atoms with van der Waals surface area (Å²) < 4.78 is 44.8. The maximum atomic E-state index is 11.9. The maximum absolute atomic E-state index is 11.9. The molecular weight excluding hydrogens is 332 g/mol. The Morgan fingerprint density at radius 2 is 1.75 bits per heavy atom. The summed E-state index contributed by atoms with van der Waals surface area (Å²) >= 11 is 0. The lowest BCUT2D eigenvalue weighted by molar-refractivity contribution is -0.153. The van der Waals surface area contributed by atoms with E-state index in [1.54, 1.807) is 0 Å². The molecule has 0 amide bonds. The van der Waals surface area contributed by atoms with Gasteiger partial charge >= 0.3 is 5.97 Å². The molecule has 1 aliphatic rings. The van der Waals surface area contributed by atoms with Crippen molar-refractivity contribution in [1.82, 2.24) is 0 Å². The van der Waals surface area contributed by atoms with E-state index in [4.69, 9.17) is 9.47 Å². The number of methoxy groups -OCH3 is 1. The van der Waals surface area contributed by atoms with Crippen LogP contribution in [0.3, 0.4) is 0 Å². The van der Waals surface area contributed by atoms with Crippen LogP contribution in [0.5, 0.6) is 0 Å². The molecule has 7 heteroatoms. The minimum atomic E-state index is -4.86. The molecule has 0 fully saturated rings. The summed E-state index contributed by atoms with van der Waals surface area (Å²) in [5, 5.41) is 0. The average molecular weight is 359 g/mol. The fourth-order valence-corrected chi connectivity index (χ4v) is 3.50. The summed E-state index contributed by atoms with van der Waals surface area (Å²) in [7, 11) is -3.75. The van der Waals surface area contributed by atoms with E-state index in [0.29, 0.717) is 6.42 Å². The fourth-order valence-electron chi connectivity index (χ4n) is 2.64. The Kier molecular flexibility index (Phi) is 8.66. The van der Waals surface area contributed by atoms with E-state index in [1.165, 1.54) is 37.5 Å². The van der Waals surface area contributed by atoms with Crippen molar-refractivity contribution >= 4 is 16.1 Å². The lowest BCUT2D eigenvalue weighted by atomic mass is 10.1. The summed E-state index contributed by atoms with van der Waals surface area (Å²) in [5.74, 6) is -0.529. The zero-order chi connectivity index (χ0) is 18.1. The summed E-state index contributed by atoms with van der Waals surface area (Å²) in [6, 6.07) is 0. The Hall–Kier alpha value is -1.18. The van der Waals surface area contributed by atoms with Crippen LogP contribution in [0.15, 0.2) is 24.3 Å². The number of hydrogen-bond donors (Lipinski definition) is 0. The third-order valence-corrected chi connectivity index (χ3v) is 5.39. The van der Waals surface area contributed by atoms with Gasteiger partial charge in [0.25, 0.3) is 0 Å². The number of hydrogen-bond acceptors (Lipinski definition) is 6. The second-order valence-corrected chi connectivity index (χ2v) is 7.45. The van der Waals surface area contributed by atoms with E-state index < -0.39 is 27.1 Å². The van der Waals surface area contributed by atoms with Gasteiger partial charge in [-0.25, -0.2) is 8.42 Å². The highest BCUT2D eigenvalue weighted by Crippen LogP contribution is 2.30. The molecule has 0 heterocycles. The number of rotatable bonds is 11. The Morgan fingerprint density at radius 3 is 2.33 bits per heavy atom. The van der Waals surface area contributed by atoms with Crippen molar-refractivity contribution in [2.24, 2.45) is 0 Å². The first-order valence-electron chi connectivity index (χ1n) is 8.43. The van der Waals surface area contributed by atoms with Gasteiger partial charge < -0.3 is 14.0 Å². The van der Waals surface area contributed by atoms with Gasteiger partial charge in [-0.05, 0) is 18.6 Å². The first-order chi connectivity index (χ1) is 11.4. The zero-order valence-corrected chi connectivity index (χ0v) is 15.2. The molecule has 0 N–H and O–H groups in total. The van der Waals surface area contributed by atoms with Crippen molar-refractivity contribution in [2.45, 2.75) is 69.3 Å². The molecule has 0 saturated heterocycles. The topological polar surface area (TPSA) is 92.7 Å². The van der Waals surface area contributed by atoms with E-state index in [1.807, 2.05) is 0 Å². The molecule has 24 heavy (non-hydrogen) atoms. The quantitative estimate of drug-likeness (QED) is 0.320. The molecule has 1 rings (SSSR count). The van der Waals surface area contributed by atoms with Crippen molar-refractivity contribution < 1.29 is 27.2 Å². The summed E-state index contributed by atoms with van der Waals surface area (Å²) in [6.07, 6.45) is 11.7. The second-order valence-electron chi connectivity index (χ2n) is 5.91. The van der Waals surface area contributed by atoms with E-state index >= 15 is 0 Å². The lowest BCUT2D eigenvalue weighted by Gasteiger charge is -2.37. The Balaban J connectivity index is 2.47.